The first-order valence-corrected chi connectivity index (χ1v) is 6.24. The lowest BCUT2D eigenvalue weighted by Crippen LogP contribution is -2.23. The lowest BCUT2D eigenvalue weighted by atomic mass is 9.89. The Bertz CT molecular complexity index is 185. The van der Waals surface area contributed by atoms with Crippen molar-refractivity contribution in [3.05, 3.63) is 0 Å². The van der Waals surface area contributed by atoms with Gasteiger partial charge in [-0.05, 0) is 18.3 Å². The van der Waals surface area contributed by atoms with Gasteiger partial charge in [0.2, 0.25) is 5.91 Å². The number of amides is 1. The molecule has 96 valence electrons. The van der Waals surface area contributed by atoms with Crippen molar-refractivity contribution in [1.82, 2.24) is 5.32 Å². The van der Waals surface area contributed by atoms with Gasteiger partial charge in [0.15, 0.2) is 0 Å². The molecule has 0 spiro atoms. The monoisotopic (exact) mass is 229 g/mol. The van der Waals surface area contributed by atoms with E-state index < -0.39 is 0 Å². The fourth-order valence-corrected chi connectivity index (χ4v) is 1.45. The average molecular weight is 229 g/mol. The van der Waals surface area contributed by atoms with Crippen LogP contribution in [0.5, 0.6) is 0 Å². The molecule has 0 heterocycles. The van der Waals surface area contributed by atoms with E-state index in [1.165, 1.54) is 25.7 Å². The van der Waals surface area contributed by atoms with Crippen LogP contribution in [0.1, 0.15) is 52.9 Å². The minimum absolute atomic E-state index is 0.0484. The molecule has 0 saturated heterocycles. The number of rotatable bonds is 8. The van der Waals surface area contributed by atoms with Crippen molar-refractivity contribution in [2.45, 2.75) is 52.9 Å². The predicted octanol–water partition coefficient (Wildman–Crippen LogP) is 2.75. The summed E-state index contributed by atoms with van der Waals surface area (Å²) < 4.78 is 5.22. The molecule has 0 aliphatic rings. The van der Waals surface area contributed by atoms with Crippen LogP contribution in [0.2, 0.25) is 0 Å². The van der Waals surface area contributed by atoms with Crippen LogP contribution in [0.3, 0.4) is 0 Å². The standard InChI is InChI=1S/C13H27NO2/c1-13(2,3)9-7-5-6-8-10-16-11-12(15)14-4/h5-11H2,1-4H3,(H,14,15). The van der Waals surface area contributed by atoms with Gasteiger partial charge in [-0.15, -0.1) is 0 Å². The van der Waals surface area contributed by atoms with Gasteiger partial charge in [0, 0.05) is 13.7 Å². The van der Waals surface area contributed by atoms with Gasteiger partial charge in [-0.2, -0.15) is 0 Å². The molecule has 3 heteroatoms. The molecule has 0 aromatic rings. The van der Waals surface area contributed by atoms with Crippen LogP contribution < -0.4 is 5.32 Å². The molecule has 0 aliphatic heterocycles. The summed E-state index contributed by atoms with van der Waals surface area (Å²) in [7, 11) is 1.62. The van der Waals surface area contributed by atoms with Crippen molar-refractivity contribution >= 4 is 5.91 Å². The maximum atomic E-state index is 10.8. The molecule has 0 unspecified atom stereocenters. The molecule has 0 saturated carbocycles. The number of carbonyl (C=O) groups is 1. The van der Waals surface area contributed by atoms with Crippen LogP contribution >= 0.6 is 0 Å². The zero-order chi connectivity index (χ0) is 12.4. The number of likely N-dealkylation sites (N-methyl/N-ethyl adjacent to an activating group) is 1. The molecule has 16 heavy (non-hydrogen) atoms. The molecule has 3 nitrogen and oxygen atoms in total. The number of unbranched alkanes of at least 4 members (excludes halogenated alkanes) is 3. The van der Waals surface area contributed by atoms with Crippen molar-refractivity contribution in [1.29, 1.82) is 0 Å². The quantitative estimate of drug-likeness (QED) is 0.650. The maximum absolute atomic E-state index is 10.8. The number of hydrogen-bond acceptors (Lipinski definition) is 2. The summed E-state index contributed by atoms with van der Waals surface area (Å²) in [6, 6.07) is 0. The zero-order valence-electron chi connectivity index (χ0n) is 11.3. The van der Waals surface area contributed by atoms with Crippen LogP contribution in [0.15, 0.2) is 0 Å². The SMILES string of the molecule is CNC(=O)COCCCCCCC(C)(C)C. The van der Waals surface area contributed by atoms with Gasteiger partial charge in [-0.3, -0.25) is 4.79 Å². The highest BCUT2D eigenvalue weighted by Crippen LogP contribution is 2.22. The first-order valence-electron chi connectivity index (χ1n) is 6.24. The number of hydrogen-bond donors (Lipinski definition) is 1. The van der Waals surface area contributed by atoms with E-state index in [1.807, 2.05) is 0 Å². The minimum Gasteiger partial charge on any atom is -0.372 e. The molecular formula is C13H27NO2. The van der Waals surface area contributed by atoms with E-state index in [0.717, 1.165) is 6.42 Å². The fourth-order valence-electron chi connectivity index (χ4n) is 1.45. The van der Waals surface area contributed by atoms with Crippen molar-refractivity contribution in [3.8, 4) is 0 Å². The molecule has 0 bridgehead atoms. The second-order valence-electron chi connectivity index (χ2n) is 5.45. The Morgan fingerprint density at radius 1 is 1.12 bits per heavy atom. The number of ether oxygens (including phenoxy) is 1. The largest absolute Gasteiger partial charge is 0.372 e. The Morgan fingerprint density at radius 3 is 2.31 bits per heavy atom. The highest BCUT2D eigenvalue weighted by Gasteiger charge is 2.08. The average Bonchev–Trinajstić information content (AvgIpc) is 2.20. The summed E-state index contributed by atoms with van der Waals surface area (Å²) in [6.45, 7) is 7.72. The van der Waals surface area contributed by atoms with Crippen molar-refractivity contribution in [2.75, 3.05) is 20.3 Å². The molecule has 0 aromatic carbocycles. The molecule has 1 amide bonds. The predicted molar refractivity (Wildman–Crippen MR) is 67.4 cm³/mol. The Hall–Kier alpha value is -0.570. The van der Waals surface area contributed by atoms with Gasteiger partial charge in [0.05, 0.1) is 0 Å². The van der Waals surface area contributed by atoms with Crippen LogP contribution in [-0.2, 0) is 9.53 Å². The molecule has 0 rings (SSSR count). The van der Waals surface area contributed by atoms with Gasteiger partial charge in [0.1, 0.15) is 6.61 Å². The van der Waals surface area contributed by atoms with Gasteiger partial charge in [-0.25, -0.2) is 0 Å². The summed E-state index contributed by atoms with van der Waals surface area (Å²) >= 11 is 0. The normalized spacial score (nSPS) is 11.5. The third kappa shape index (κ3) is 11.5. The van der Waals surface area contributed by atoms with E-state index in [9.17, 15) is 4.79 Å². The lowest BCUT2D eigenvalue weighted by Gasteiger charge is -2.17. The Kier molecular flexibility index (Phi) is 8.26. The molecule has 1 N–H and O–H groups in total. The summed E-state index contributed by atoms with van der Waals surface area (Å²) in [4.78, 5) is 10.8. The fraction of sp³-hybridized carbons (Fsp3) is 0.923. The zero-order valence-corrected chi connectivity index (χ0v) is 11.3. The molecule has 0 aliphatic carbocycles. The number of carbonyl (C=O) groups excluding carboxylic acids is 1. The van der Waals surface area contributed by atoms with Crippen molar-refractivity contribution in [2.24, 2.45) is 5.41 Å². The van der Waals surface area contributed by atoms with Crippen LogP contribution in [0.4, 0.5) is 0 Å². The van der Waals surface area contributed by atoms with E-state index in [4.69, 9.17) is 4.74 Å². The lowest BCUT2D eigenvalue weighted by molar-refractivity contribution is -0.125. The Labute approximate surface area is 99.9 Å². The highest BCUT2D eigenvalue weighted by atomic mass is 16.5. The van der Waals surface area contributed by atoms with E-state index in [1.54, 1.807) is 7.05 Å². The van der Waals surface area contributed by atoms with Gasteiger partial charge in [0.25, 0.3) is 0 Å². The van der Waals surface area contributed by atoms with E-state index in [0.29, 0.717) is 12.0 Å². The molecule has 0 aromatic heterocycles. The molecule has 0 atom stereocenters. The maximum Gasteiger partial charge on any atom is 0.245 e. The van der Waals surface area contributed by atoms with Crippen molar-refractivity contribution < 1.29 is 9.53 Å². The summed E-state index contributed by atoms with van der Waals surface area (Å²) in [6.07, 6.45) is 6.09. The first-order chi connectivity index (χ1) is 7.45. The number of nitrogens with one attached hydrogen (secondary N) is 1. The van der Waals surface area contributed by atoms with Crippen LogP contribution in [0, 0.1) is 5.41 Å². The third-order valence-electron chi connectivity index (χ3n) is 2.48. The van der Waals surface area contributed by atoms with E-state index >= 15 is 0 Å². The van der Waals surface area contributed by atoms with E-state index in [-0.39, 0.29) is 12.5 Å². The molecule has 0 fully saturated rings. The van der Waals surface area contributed by atoms with Gasteiger partial charge < -0.3 is 10.1 Å². The van der Waals surface area contributed by atoms with Gasteiger partial charge >= 0.3 is 0 Å². The Morgan fingerprint density at radius 2 is 1.75 bits per heavy atom. The summed E-state index contributed by atoms with van der Waals surface area (Å²) in [5, 5.41) is 2.53. The summed E-state index contributed by atoms with van der Waals surface area (Å²) in [5.41, 5.74) is 0.454. The van der Waals surface area contributed by atoms with Gasteiger partial charge in [-0.1, -0.05) is 40.0 Å². The van der Waals surface area contributed by atoms with Crippen LogP contribution in [0.25, 0.3) is 0 Å². The summed E-state index contributed by atoms with van der Waals surface area (Å²) in [5.74, 6) is -0.0484. The molecule has 0 radical (unpaired) electrons. The second-order valence-corrected chi connectivity index (χ2v) is 5.45. The van der Waals surface area contributed by atoms with Crippen LogP contribution in [-0.4, -0.2) is 26.2 Å². The minimum atomic E-state index is -0.0484. The highest BCUT2D eigenvalue weighted by molar-refractivity contribution is 5.76. The Balaban J connectivity index is 3.13. The first kappa shape index (κ1) is 15.4. The van der Waals surface area contributed by atoms with Crippen molar-refractivity contribution in [3.63, 3.8) is 0 Å². The third-order valence-corrected chi connectivity index (χ3v) is 2.48. The second kappa shape index (κ2) is 8.57. The molecular weight excluding hydrogens is 202 g/mol. The smallest absolute Gasteiger partial charge is 0.245 e. The topological polar surface area (TPSA) is 38.3 Å². The van der Waals surface area contributed by atoms with E-state index in [2.05, 4.69) is 26.1 Å².